The molecule has 0 nitrogen and oxygen atoms in total. The van der Waals surface area contributed by atoms with Gasteiger partial charge in [0.05, 0.1) is 0 Å². The van der Waals surface area contributed by atoms with Gasteiger partial charge in [-0.15, -0.1) is 5.92 Å². The highest BCUT2D eigenvalue weighted by molar-refractivity contribution is 5.26. The van der Waals surface area contributed by atoms with Gasteiger partial charge >= 0.3 is 0 Å². The van der Waals surface area contributed by atoms with Gasteiger partial charge in [-0.1, -0.05) is 43.5 Å². The Hall–Kier alpha value is -1.22. The van der Waals surface area contributed by atoms with E-state index in [1.807, 2.05) is 0 Å². The second kappa shape index (κ2) is 5.43. The lowest BCUT2D eigenvalue weighted by Gasteiger charge is -1.99. The summed E-state index contributed by atoms with van der Waals surface area (Å²) in [5, 5.41) is 0. The highest BCUT2D eigenvalue weighted by Crippen LogP contribution is 2.06. The summed E-state index contributed by atoms with van der Waals surface area (Å²) >= 11 is 0. The molecule has 0 aromatic heterocycles. The van der Waals surface area contributed by atoms with Crippen molar-refractivity contribution in [2.24, 2.45) is 0 Å². The average molecular weight is 171 g/mol. The fraction of sp³-hybridized carbons (Fsp3) is 0.308. The van der Waals surface area contributed by atoms with Crippen LogP contribution in [0.1, 0.15) is 24.5 Å². The smallest absolute Gasteiger partial charge is 0.0340 e. The fourth-order valence-electron chi connectivity index (χ4n) is 1.28. The largest absolute Gasteiger partial charge is 0.102 e. The molecule has 13 heavy (non-hydrogen) atoms. The first kappa shape index (κ1) is 9.86. The average Bonchev–Trinajstić information content (AvgIpc) is 2.17. The third-order valence-corrected chi connectivity index (χ3v) is 1.98. The molecule has 67 valence electrons. The Kier molecular flexibility index (Phi) is 4.12. The Morgan fingerprint density at radius 2 is 1.77 bits per heavy atom. The molecular formula is C13H15. The molecule has 0 heterocycles. The number of aryl methyl sites for hydroxylation is 1. The van der Waals surface area contributed by atoms with Crippen LogP contribution in [-0.2, 0) is 12.8 Å². The van der Waals surface area contributed by atoms with Crippen molar-refractivity contribution in [2.45, 2.75) is 26.2 Å². The van der Waals surface area contributed by atoms with Crippen molar-refractivity contribution in [3.8, 4) is 11.8 Å². The first-order chi connectivity index (χ1) is 6.36. The number of benzene rings is 1. The predicted octanol–water partition coefficient (Wildman–Crippen LogP) is 3.02. The van der Waals surface area contributed by atoms with E-state index < -0.39 is 0 Å². The van der Waals surface area contributed by atoms with Gasteiger partial charge < -0.3 is 0 Å². The Morgan fingerprint density at radius 3 is 2.31 bits per heavy atom. The van der Waals surface area contributed by atoms with Crippen LogP contribution in [0, 0.1) is 18.8 Å². The lowest BCUT2D eigenvalue weighted by molar-refractivity contribution is 0.921. The summed E-state index contributed by atoms with van der Waals surface area (Å²) in [5.41, 5.74) is 2.69. The Balaban J connectivity index is 2.62. The number of rotatable bonds is 3. The molecule has 0 heteroatoms. The zero-order chi connectivity index (χ0) is 9.52. The van der Waals surface area contributed by atoms with Gasteiger partial charge in [0, 0.05) is 13.3 Å². The van der Waals surface area contributed by atoms with Gasteiger partial charge in [0.15, 0.2) is 0 Å². The van der Waals surface area contributed by atoms with Gasteiger partial charge in [0.25, 0.3) is 0 Å². The van der Waals surface area contributed by atoms with E-state index >= 15 is 0 Å². The molecule has 0 aliphatic carbocycles. The Morgan fingerprint density at radius 1 is 1.15 bits per heavy atom. The second-order valence-electron chi connectivity index (χ2n) is 3.10. The molecule has 0 aliphatic rings. The van der Waals surface area contributed by atoms with Gasteiger partial charge in [-0.3, -0.25) is 0 Å². The van der Waals surface area contributed by atoms with E-state index in [2.05, 4.69) is 50.0 Å². The summed E-state index contributed by atoms with van der Waals surface area (Å²) in [6.07, 6.45) is 3.19. The van der Waals surface area contributed by atoms with E-state index in [9.17, 15) is 0 Å². The maximum absolute atomic E-state index is 3.49. The van der Waals surface area contributed by atoms with Crippen molar-refractivity contribution < 1.29 is 0 Å². The minimum atomic E-state index is 0.815. The van der Waals surface area contributed by atoms with Crippen LogP contribution >= 0.6 is 0 Å². The van der Waals surface area contributed by atoms with Crippen molar-refractivity contribution in [2.75, 3.05) is 0 Å². The van der Waals surface area contributed by atoms with Crippen LogP contribution in [0.2, 0.25) is 0 Å². The first-order valence-corrected chi connectivity index (χ1v) is 4.69. The van der Waals surface area contributed by atoms with Crippen LogP contribution in [0.15, 0.2) is 24.3 Å². The molecule has 0 aliphatic heterocycles. The molecule has 1 rings (SSSR count). The quantitative estimate of drug-likeness (QED) is 0.613. The molecule has 0 saturated carbocycles. The van der Waals surface area contributed by atoms with E-state index in [-0.39, 0.29) is 0 Å². The van der Waals surface area contributed by atoms with Crippen LogP contribution in [-0.4, -0.2) is 0 Å². The van der Waals surface area contributed by atoms with E-state index in [0.29, 0.717) is 0 Å². The highest BCUT2D eigenvalue weighted by atomic mass is 14.0. The maximum Gasteiger partial charge on any atom is 0.0340 e. The Labute approximate surface area is 81.0 Å². The van der Waals surface area contributed by atoms with Crippen LogP contribution in [0.25, 0.3) is 0 Å². The monoisotopic (exact) mass is 171 g/mol. The van der Waals surface area contributed by atoms with E-state index in [1.165, 1.54) is 24.0 Å². The minimum absolute atomic E-state index is 0.815. The molecule has 1 aromatic rings. The number of hydrogen-bond donors (Lipinski definition) is 0. The standard InChI is InChI=1S/C13H15/c1-3-5-7-13-10-8-12(6-4-2)9-11-13/h8-11H,1,4,6-7H2,2H3. The molecule has 0 atom stereocenters. The van der Waals surface area contributed by atoms with Crippen molar-refractivity contribution in [1.29, 1.82) is 0 Å². The normalized spacial score (nSPS) is 9.08. The van der Waals surface area contributed by atoms with Crippen LogP contribution in [0.5, 0.6) is 0 Å². The summed E-state index contributed by atoms with van der Waals surface area (Å²) in [4.78, 5) is 0. The predicted molar refractivity (Wildman–Crippen MR) is 57.3 cm³/mol. The van der Waals surface area contributed by atoms with Crippen molar-refractivity contribution in [3.05, 3.63) is 42.3 Å². The molecule has 1 radical (unpaired) electrons. The minimum Gasteiger partial charge on any atom is -0.102 e. The maximum atomic E-state index is 3.49. The molecule has 0 fully saturated rings. The molecule has 0 N–H and O–H groups in total. The summed E-state index contributed by atoms with van der Waals surface area (Å²) in [6.45, 7) is 5.68. The summed E-state index contributed by atoms with van der Waals surface area (Å²) in [7, 11) is 0. The van der Waals surface area contributed by atoms with Gasteiger partial charge in [-0.25, -0.2) is 0 Å². The lowest BCUT2D eigenvalue weighted by atomic mass is 10.1. The third kappa shape index (κ3) is 3.34. The molecule has 0 unspecified atom stereocenters. The van der Waals surface area contributed by atoms with Crippen molar-refractivity contribution >= 4 is 0 Å². The van der Waals surface area contributed by atoms with E-state index in [1.54, 1.807) is 0 Å². The fourth-order valence-corrected chi connectivity index (χ4v) is 1.28. The summed E-state index contributed by atoms with van der Waals surface area (Å²) in [5.74, 6) is 5.61. The van der Waals surface area contributed by atoms with Crippen LogP contribution < -0.4 is 0 Å². The van der Waals surface area contributed by atoms with Gasteiger partial charge in [-0.05, 0) is 17.5 Å². The highest BCUT2D eigenvalue weighted by Gasteiger charge is 1.91. The molecular weight excluding hydrogens is 156 g/mol. The molecule has 0 saturated heterocycles. The zero-order valence-corrected chi connectivity index (χ0v) is 8.14. The van der Waals surface area contributed by atoms with E-state index in [4.69, 9.17) is 0 Å². The lowest BCUT2D eigenvalue weighted by Crippen LogP contribution is -1.85. The molecule has 0 amide bonds. The third-order valence-electron chi connectivity index (χ3n) is 1.98. The summed E-state index contributed by atoms with van der Waals surface area (Å²) in [6, 6.07) is 8.66. The van der Waals surface area contributed by atoms with Gasteiger partial charge in [-0.2, -0.15) is 0 Å². The van der Waals surface area contributed by atoms with Crippen LogP contribution in [0.4, 0.5) is 0 Å². The summed E-state index contributed by atoms with van der Waals surface area (Å²) < 4.78 is 0. The molecule has 0 bridgehead atoms. The van der Waals surface area contributed by atoms with Gasteiger partial charge in [0.1, 0.15) is 0 Å². The second-order valence-corrected chi connectivity index (χ2v) is 3.10. The van der Waals surface area contributed by atoms with Crippen LogP contribution in [0.3, 0.4) is 0 Å². The Bertz CT molecular complexity index is 295. The topological polar surface area (TPSA) is 0 Å². The molecule has 0 spiro atoms. The number of hydrogen-bond acceptors (Lipinski definition) is 0. The van der Waals surface area contributed by atoms with Crippen molar-refractivity contribution in [1.82, 2.24) is 0 Å². The van der Waals surface area contributed by atoms with Gasteiger partial charge in [0.2, 0.25) is 0 Å². The first-order valence-electron chi connectivity index (χ1n) is 4.69. The van der Waals surface area contributed by atoms with Crippen molar-refractivity contribution in [3.63, 3.8) is 0 Å². The SMILES string of the molecule is [CH2]C#CCc1ccc(CCC)cc1. The molecule has 1 aromatic carbocycles. The zero-order valence-electron chi connectivity index (χ0n) is 8.14. The van der Waals surface area contributed by atoms with E-state index in [0.717, 1.165) is 6.42 Å².